The highest BCUT2D eigenvalue weighted by Gasteiger charge is 2.01. The van der Waals surface area contributed by atoms with Gasteiger partial charge in [0.1, 0.15) is 0 Å². The molecule has 2 N–H and O–H groups in total. The Morgan fingerprint density at radius 2 is 2.27 bits per heavy atom. The maximum absolute atomic E-state index is 5.62. The molecule has 6 nitrogen and oxygen atoms in total. The molecule has 0 unspecified atom stereocenters. The number of imidazole rings is 1. The minimum absolute atomic E-state index is 0.465. The molecule has 0 radical (unpaired) electrons. The number of hydrogen-bond donors (Lipinski definition) is 1. The summed E-state index contributed by atoms with van der Waals surface area (Å²) in [4.78, 5) is 3.91. The number of ether oxygens (including phenoxy) is 1. The molecule has 0 amide bonds. The zero-order valence-corrected chi connectivity index (χ0v) is 8.29. The van der Waals surface area contributed by atoms with E-state index in [1.165, 1.54) is 0 Å². The van der Waals surface area contributed by atoms with Crippen LogP contribution in [0.15, 0.2) is 24.5 Å². The van der Waals surface area contributed by atoms with Crippen molar-refractivity contribution in [2.45, 2.75) is 6.54 Å². The quantitative estimate of drug-likeness (QED) is 0.780. The molecule has 2 aromatic rings. The SMILES string of the molecule is COc1ccc(Cn2ccnc2N)nn1. The van der Waals surface area contributed by atoms with E-state index in [0.717, 1.165) is 5.69 Å². The third kappa shape index (κ3) is 2.04. The average molecular weight is 205 g/mol. The first-order valence-electron chi connectivity index (χ1n) is 4.43. The van der Waals surface area contributed by atoms with E-state index in [1.54, 1.807) is 30.1 Å². The second-order valence-corrected chi connectivity index (χ2v) is 2.98. The van der Waals surface area contributed by atoms with Crippen LogP contribution in [0.5, 0.6) is 5.88 Å². The first kappa shape index (κ1) is 9.45. The van der Waals surface area contributed by atoms with Crippen LogP contribution in [-0.2, 0) is 6.54 Å². The molecule has 0 bridgehead atoms. The molecule has 0 aliphatic rings. The molecule has 0 aromatic carbocycles. The van der Waals surface area contributed by atoms with Gasteiger partial charge in [-0.1, -0.05) is 0 Å². The van der Waals surface area contributed by atoms with Crippen molar-refractivity contribution in [3.63, 3.8) is 0 Å². The summed E-state index contributed by atoms with van der Waals surface area (Å²) in [6, 6.07) is 3.60. The third-order valence-corrected chi connectivity index (χ3v) is 1.98. The highest BCUT2D eigenvalue weighted by Crippen LogP contribution is 2.07. The Bertz CT molecular complexity index is 436. The number of nitrogens with zero attached hydrogens (tertiary/aromatic N) is 4. The summed E-state index contributed by atoms with van der Waals surface area (Å²) in [7, 11) is 1.55. The summed E-state index contributed by atoms with van der Waals surface area (Å²) >= 11 is 0. The molecule has 2 aromatic heterocycles. The Balaban J connectivity index is 2.14. The van der Waals surface area contributed by atoms with E-state index in [1.807, 2.05) is 6.07 Å². The number of aromatic nitrogens is 4. The Morgan fingerprint density at radius 3 is 2.80 bits per heavy atom. The van der Waals surface area contributed by atoms with Crippen molar-refractivity contribution in [1.82, 2.24) is 19.7 Å². The predicted octanol–water partition coefficient (Wildman–Crippen LogP) is 0.312. The van der Waals surface area contributed by atoms with E-state index in [2.05, 4.69) is 15.2 Å². The monoisotopic (exact) mass is 205 g/mol. The Labute approximate surface area is 86.7 Å². The summed E-state index contributed by atoms with van der Waals surface area (Å²) < 4.78 is 6.70. The second-order valence-electron chi connectivity index (χ2n) is 2.98. The van der Waals surface area contributed by atoms with E-state index in [0.29, 0.717) is 18.4 Å². The van der Waals surface area contributed by atoms with Gasteiger partial charge in [-0.15, -0.1) is 10.2 Å². The highest BCUT2D eigenvalue weighted by molar-refractivity contribution is 5.19. The number of hydrogen-bond acceptors (Lipinski definition) is 5. The molecule has 15 heavy (non-hydrogen) atoms. The average Bonchev–Trinajstić information content (AvgIpc) is 2.66. The van der Waals surface area contributed by atoms with E-state index < -0.39 is 0 Å². The zero-order chi connectivity index (χ0) is 10.7. The molecule has 78 valence electrons. The van der Waals surface area contributed by atoms with Crippen molar-refractivity contribution in [3.05, 3.63) is 30.2 Å². The van der Waals surface area contributed by atoms with Crippen LogP contribution in [0, 0.1) is 0 Å². The summed E-state index contributed by atoms with van der Waals surface area (Å²) in [6.45, 7) is 0.558. The number of rotatable bonds is 3. The number of methoxy groups -OCH3 is 1. The molecule has 0 saturated carbocycles. The van der Waals surface area contributed by atoms with Gasteiger partial charge in [-0.05, 0) is 6.07 Å². The van der Waals surface area contributed by atoms with Crippen molar-refractivity contribution in [2.24, 2.45) is 0 Å². The first-order valence-corrected chi connectivity index (χ1v) is 4.43. The van der Waals surface area contributed by atoms with Gasteiger partial charge in [-0.3, -0.25) is 0 Å². The lowest BCUT2D eigenvalue weighted by atomic mass is 10.4. The van der Waals surface area contributed by atoms with E-state index in [9.17, 15) is 0 Å². The first-order chi connectivity index (χ1) is 7.29. The van der Waals surface area contributed by atoms with Crippen LogP contribution in [0.2, 0.25) is 0 Å². The van der Waals surface area contributed by atoms with Crippen LogP contribution in [0.25, 0.3) is 0 Å². The fraction of sp³-hybridized carbons (Fsp3) is 0.222. The molecule has 0 spiro atoms. The van der Waals surface area contributed by atoms with Crippen LogP contribution >= 0.6 is 0 Å². The van der Waals surface area contributed by atoms with Crippen molar-refractivity contribution < 1.29 is 4.74 Å². The third-order valence-electron chi connectivity index (χ3n) is 1.98. The topological polar surface area (TPSA) is 78.9 Å². The maximum Gasteiger partial charge on any atom is 0.233 e. The molecule has 0 aliphatic heterocycles. The van der Waals surface area contributed by atoms with Gasteiger partial charge in [-0.2, -0.15) is 0 Å². The van der Waals surface area contributed by atoms with Crippen LogP contribution in [0.4, 0.5) is 5.95 Å². The van der Waals surface area contributed by atoms with Gasteiger partial charge in [0, 0.05) is 18.5 Å². The predicted molar refractivity (Wildman–Crippen MR) is 54.3 cm³/mol. The molecule has 0 aliphatic carbocycles. The molecular formula is C9H11N5O. The second kappa shape index (κ2) is 3.95. The fourth-order valence-corrected chi connectivity index (χ4v) is 1.19. The van der Waals surface area contributed by atoms with Gasteiger partial charge in [0.05, 0.1) is 19.3 Å². The molecule has 2 rings (SSSR count). The molecule has 2 heterocycles. The van der Waals surface area contributed by atoms with Gasteiger partial charge in [0.25, 0.3) is 0 Å². The Hall–Kier alpha value is -2.11. The Kier molecular flexibility index (Phi) is 2.49. The van der Waals surface area contributed by atoms with Gasteiger partial charge in [0.15, 0.2) is 5.95 Å². The maximum atomic E-state index is 5.62. The number of nitrogen functional groups attached to an aromatic ring is 1. The van der Waals surface area contributed by atoms with Crippen molar-refractivity contribution in [2.75, 3.05) is 12.8 Å². The summed E-state index contributed by atoms with van der Waals surface area (Å²) in [6.07, 6.45) is 3.44. The Morgan fingerprint density at radius 1 is 1.40 bits per heavy atom. The lowest BCUT2D eigenvalue weighted by Gasteiger charge is -2.03. The van der Waals surface area contributed by atoms with Gasteiger partial charge < -0.3 is 15.0 Å². The fourth-order valence-electron chi connectivity index (χ4n) is 1.19. The van der Waals surface area contributed by atoms with Crippen LogP contribution in [0.1, 0.15) is 5.69 Å². The minimum atomic E-state index is 0.465. The number of anilines is 1. The smallest absolute Gasteiger partial charge is 0.233 e. The molecule has 0 atom stereocenters. The van der Waals surface area contributed by atoms with Gasteiger partial charge in [-0.25, -0.2) is 4.98 Å². The zero-order valence-electron chi connectivity index (χ0n) is 8.29. The van der Waals surface area contributed by atoms with Crippen molar-refractivity contribution in [1.29, 1.82) is 0 Å². The van der Waals surface area contributed by atoms with Crippen LogP contribution in [0.3, 0.4) is 0 Å². The van der Waals surface area contributed by atoms with Gasteiger partial charge in [0.2, 0.25) is 5.88 Å². The molecule has 0 saturated heterocycles. The normalized spacial score (nSPS) is 10.2. The highest BCUT2D eigenvalue weighted by atomic mass is 16.5. The summed E-state index contributed by atoms with van der Waals surface area (Å²) in [5.41, 5.74) is 6.43. The standard InChI is InChI=1S/C9H11N5O/c1-15-8-3-2-7(12-13-8)6-14-5-4-11-9(14)10/h2-5H,6H2,1H3,(H2,10,11). The summed E-state index contributed by atoms with van der Waals surface area (Å²) in [5.74, 6) is 0.963. The molecule has 6 heteroatoms. The van der Waals surface area contributed by atoms with Crippen LogP contribution < -0.4 is 10.5 Å². The minimum Gasteiger partial charge on any atom is -0.480 e. The molecular weight excluding hydrogens is 194 g/mol. The van der Waals surface area contributed by atoms with Gasteiger partial charge >= 0.3 is 0 Å². The lowest BCUT2D eigenvalue weighted by molar-refractivity contribution is 0.391. The van der Waals surface area contributed by atoms with E-state index >= 15 is 0 Å². The number of nitrogens with two attached hydrogens (primary N) is 1. The van der Waals surface area contributed by atoms with Crippen molar-refractivity contribution >= 4 is 5.95 Å². The largest absolute Gasteiger partial charge is 0.480 e. The van der Waals surface area contributed by atoms with Crippen molar-refractivity contribution in [3.8, 4) is 5.88 Å². The summed E-state index contributed by atoms with van der Waals surface area (Å²) in [5, 5.41) is 7.85. The van der Waals surface area contributed by atoms with Crippen LogP contribution in [-0.4, -0.2) is 26.9 Å². The lowest BCUT2D eigenvalue weighted by Crippen LogP contribution is -2.06. The van der Waals surface area contributed by atoms with E-state index in [-0.39, 0.29) is 0 Å². The molecule has 0 fully saturated rings. The van der Waals surface area contributed by atoms with E-state index in [4.69, 9.17) is 10.5 Å².